The normalized spacial score (nSPS) is 17.4. The number of aromatic nitrogens is 1. The molecule has 0 saturated carbocycles. The van der Waals surface area contributed by atoms with Crippen LogP contribution in [-0.4, -0.2) is 47.7 Å². The second-order valence-electron chi connectivity index (χ2n) is 5.66. The Balaban J connectivity index is 1.54. The summed E-state index contributed by atoms with van der Waals surface area (Å²) < 4.78 is 0. The lowest BCUT2D eigenvalue weighted by Gasteiger charge is -2.36. The Labute approximate surface area is 131 Å². The van der Waals surface area contributed by atoms with Crippen LogP contribution in [0.3, 0.4) is 0 Å². The van der Waals surface area contributed by atoms with Crippen LogP contribution in [0.5, 0.6) is 0 Å². The van der Waals surface area contributed by atoms with Crippen LogP contribution in [0.15, 0.2) is 48.7 Å². The van der Waals surface area contributed by atoms with Gasteiger partial charge in [0.05, 0.1) is 6.10 Å². The zero-order valence-electron chi connectivity index (χ0n) is 12.6. The van der Waals surface area contributed by atoms with Crippen LogP contribution in [0, 0.1) is 0 Å². The first-order valence-corrected chi connectivity index (χ1v) is 7.64. The zero-order valence-corrected chi connectivity index (χ0v) is 12.6. The molecule has 1 aromatic carbocycles. The summed E-state index contributed by atoms with van der Waals surface area (Å²) in [7, 11) is 0. The Kier molecular flexibility index (Phi) is 4.56. The number of β-amino-alcohol motifs (C(OH)–C–C–N with tert-alkyl or cyclic N) is 1. The van der Waals surface area contributed by atoms with Crippen LogP contribution in [0.25, 0.3) is 0 Å². The number of piperazine rings is 1. The quantitative estimate of drug-likeness (QED) is 0.838. The summed E-state index contributed by atoms with van der Waals surface area (Å²) in [6.45, 7) is 4.35. The summed E-state index contributed by atoms with van der Waals surface area (Å²) in [5, 5.41) is 10.4. The van der Waals surface area contributed by atoms with E-state index >= 15 is 0 Å². The van der Waals surface area contributed by atoms with Crippen molar-refractivity contribution < 1.29 is 5.11 Å². The van der Waals surface area contributed by atoms with Gasteiger partial charge >= 0.3 is 0 Å². The number of nitrogen functional groups attached to an aromatic ring is 1. The lowest BCUT2D eigenvalue weighted by molar-refractivity contribution is 0.109. The Morgan fingerprint density at radius 1 is 1.09 bits per heavy atom. The number of benzene rings is 1. The highest BCUT2D eigenvalue weighted by molar-refractivity contribution is 5.41. The minimum Gasteiger partial charge on any atom is -0.399 e. The molecule has 1 aliphatic heterocycles. The van der Waals surface area contributed by atoms with Gasteiger partial charge in [0.2, 0.25) is 0 Å². The molecular weight excluding hydrogens is 276 g/mol. The standard InChI is InChI=1S/C17H22N4O/c18-15-5-3-4-14(12-15)16(22)13-20-8-10-21(11-9-20)17-6-1-2-7-19-17/h1-7,12,16,22H,8-11,13,18H2. The van der Waals surface area contributed by atoms with Gasteiger partial charge in [0.1, 0.15) is 5.82 Å². The molecule has 0 aliphatic carbocycles. The highest BCUT2D eigenvalue weighted by Crippen LogP contribution is 2.19. The lowest BCUT2D eigenvalue weighted by atomic mass is 10.1. The average molecular weight is 298 g/mol. The highest BCUT2D eigenvalue weighted by Gasteiger charge is 2.20. The average Bonchev–Trinajstić information content (AvgIpc) is 2.56. The number of aliphatic hydroxyl groups excluding tert-OH is 1. The smallest absolute Gasteiger partial charge is 0.128 e. The second kappa shape index (κ2) is 6.77. The van der Waals surface area contributed by atoms with Crippen LogP contribution in [0.1, 0.15) is 11.7 Å². The van der Waals surface area contributed by atoms with E-state index in [0.717, 1.165) is 37.6 Å². The number of nitrogens with zero attached hydrogens (tertiary/aromatic N) is 3. The maximum absolute atomic E-state index is 10.4. The topological polar surface area (TPSA) is 65.6 Å². The van der Waals surface area contributed by atoms with Crippen molar-refractivity contribution >= 4 is 11.5 Å². The highest BCUT2D eigenvalue weighted by atomic mass is 16.3. The molecule has 0 radical (unpaired) electrons. The fraction of sp³-hybridized carbons (Fsp3) is 0.353. The molecule has 1 saturated heterocycles. The van der Waals surface area contributed by atoms with E-state index in [9.17, 15) is 5.11 Å². The molecule has 0 amide bonds. The van der Waals surface area contributed by atoms with E-state index < -0.39 is 6.10 Å². The number of pyridine rings is 1. The van der Waals surface area contributed by atoms with Crippen LogP contribution >= 0.6 is 0 Å². The predicted octanol–water partition coefficient (Wildman–Crippen LogP) is 1.52. The Morgan fingerprint density at radius 3 is 2.59 bits per heavy atom. The first-order valence-electron chi connectivity index (χ1n) is 7.64. The number of hydrogen-bond donors (Lipinski definition) is 2. The maximum Gasteiger partial charge on any atom is 0.128 e. The number of rotatable bonds is 4. The molecule has 1 fully saturated rings. The molecule has 1 aromatic heterocycles. The molecule has 2 heterocycles. The largest absolute Gasteiger partial charge is 0.399 e. The minimum absolute atomic E-state index is 0.495. The summed E-state index contributed by atoms with van der Waals surface area (Å²) >= 11 is 0. The Hall–Kier alpha value is -2.11. The molecule has 0 spiro atoms. The molecule has 116 valence electrons. The Morgan fingerprint density at radius 2 is 1.91 bits per heavy atom. The van der Waals surface area contributed by atoms with Crippen LogP contribution in [0.4, 0.5) is 11.5 Å². The van der Waals surface area contributed by atoms with Crippen molar-refractivity contribution in [3.05, 3.63) is 54.2 Å². The summed E-state index contributed by atoms with van der Waals surface area (Å²) in [4.78, 5) is 8.96. The molecule has 1 unspecified atom stereocenters. The monoisotopic (exact) mass is 298 g/mol. The first-order chi connectivity index (χ1) is 10.7. The molecule has 3 N–H and O–H groups in total. The van der Waals surface area contributed by atoms with Crippen molar-refractivity contribution in [3.63, 3.8) is 0 Å². The summed E-state index contributed by atoms with van der Waals surface area (Å²) in [5.41, 5.74) is 7.35. The van der Waals surface area contributed by atoms with Gasteiger partial charge in [0.15, 0.2) is 0 Å². The van der Waals surface area contributed by atoms with Gasteiger partial charge in [-0.2, -0.15) is 0 Å². The van der Waals surface area contributed by atoms with Crippen molar-refractivity contribution in [2.45, 2.75) is 6.10 Å². The summed E-state index contributed by atoms with van der Waals surface area (Å²) in [6.07, 6.45) is 1.33. The third-order valence-corrected chi connectivity index (χ3v) is 4.07. The van der Waals surface area contributed by atoms with Crippen LogP contribution < -0.4 is 10.6 Å². The number of hydrogen-bond acceptors (Lipinski definition) is 5. The van der Waals surface area contributed by atoms with Crippen molar-refractivity contribution in [1.29, 1.82) is 0 Å². The van der Waals surface area contributed by atoms with Crippen molar-refractivity contribution in [1.82, 2.24) is 9.88 Å². The van der Waals surface area contributed by atoms with Crippen molar-refractivity contribution in [2.75, 3.05) is 43.4 Å². The maximum atomic E-state index is 10.4. The number of aliphatic hydroxyl groups is 1. The van der Waals surface area contributed by atoms with E-state index in [-0.39, 0.29) is 0 Å². The molecule has 2 aromatic rings. The van der Waals surface area contributed by atoms with Gasteiger partial charge in [-0.05, 0) is 29.8 Å². The van der Waals surface area contributed by atoms with Gasteiger partial charge in [-0.15, -0.1) is 0 Å². The molecule has 5 heteroatoms. The van der Waals surface area contributed by atoms with Crippen molar-refractivity contribution in [2.24, 2.45) is 0 Å². The molecule has 5 nitrogen and oxygen atoms in total. The molecule has 22 heavy (non-hydrogen) atoms. The third kappa shape index (κ3) is 3.55. The second-order valence-corrected chi connectivity index (χ2v) is 5.66. The van der Waals surface area contributed by atoms with E-state index in [4.69, 9.17) is 5.73 Å². The number of nitrogens with two attached hydrogens (primary N) is 1. The van der Waals surface area contributed by atoms with Crippen LogP contribution in [0.2, 0.25) is 0 Å². The summed E-state index contributed by atoms with van der Waals surface area (Å²) in [5.74, 6) is 1.03. The lowest BCUT2D eigenvalue weighted by Crippen LogP contribution is -2.47. The first kappa shape index (κ1) is 14.8. The molecular formula is C17H22N4O. The molecule has 1 atom stereocenters. The van der Waals surface area contributed by atoms with E-state index in [2.05, 4.69) is 14.8 Å². The predicted molar refractivity (Wildman–Crippen MR) is 88.7 cm³/mol. The van der Waals surface area contributed by atoms with Crippen LogP contribution in [-0.2, 0) is 0 Å². The van der Waals surface area contributed by atoms with Gasteiger partial charge in [0.25, 0.3) is 0 Å². The van der Waals surface area contributed by atoms with Gasteiger partial charge in [-0.25, -0.2) is 4.98 Å². The SMILES string of the molecule is Nc1cccc(C(O)CN2CCN(c3ccccn3)CC2)c1. The molecule has 1 aliphatic rings. The summed E-state index contributed by atoms with van der Waals surface area (Å²) in [6, 6.07) is 13.5. The zero-order chi connectivity index (χ0) is 15.4. The minimum atomic E-state index is -0.495. The van der Waals surface area contributed by atoms with Gasteiger partial charge < -0.3 is 15.7 Å². The van der Waals surface area contributed by atoms with Crippen molar-refractivity contribution in [3.8, 4) is 0 Å². The third-order valence-electron chi connectivity index (χ3n) is 4.07. The van der Waals surface area contributed by atoms with Gasteiger partial charge in [-0.3, -0.25) is 4.90 Å². The fourth-order valence-corrected chi connectivity index (χ4v) is 2.82. The van der Waals surface area contributed by atoms with Gasteiger partial charge in [-0.1, -0.05) is 18.2 Å². The van der Waals surface area contributed by atoms with E-state index in [0.29, 0.717) is 12.2 Å². The van der Waals surface area contributed by atoms with E-state index in [1.807, 2.05) is 48.7 Å². The number of anilines is 2. The molecule has 3 rings (SSSR count). The van der Waals surface area contributed by atoms with E-state index in [1.54, 1.807) is 0 Å². The molecule has 0 bridgehead atoms. The van der Waals surface area contributed by atoms with E-state index in [1.165, 1.54) is 0 Å². The Bertz CT molecular complexity index is 597. The van der Waals surface area contributed by atoms with Gasteiger partial charge in [0, 0.05) is 44.6 Å². The fourth-order valence-electron chi connectivity index (χ4n) is 2.82.